The van der Waals surface area contributed by atoms with Gasteiger partial charge in [0.05, 0.1) is 24.9 Å². The Bertz CT molecular complexity index is 418. The topological polar surface area (TPSA) is 94.5 Å². The van der Waals surface area contributed by atoms with Crippen LogP contribution in [-0.4, -0.2) is 81.6 Å². The minimum Gasteiger partial charge on any atom is -0.390 e. The Morgan fingerprint density at radius 3 is 2.50 bits per heavy atom. The molecule has 0 aromatic carbocycles. The summed E-state index contributed by atoms with van der Waals surface area (Å²) in [6.45, 7) is -3.52. The summed E-state index contributed by atoms with van der Waals surface area (Å²) < 4.78 is 33.8. The number of hydrogen-bond donors (Lipinski definition) is 2. The van der Waals surface area contributed by atoms with E-state index in [1.807, 2.05) is 15.7 Å². The van der Waals surface area contributed by atoms with Crippen LogP contribution in [0.25, 0.3) is 0 Å². The molecule has 22 heavy (non-hydrogen) atoms. The summed E-state index contributed by atoms with van der Waals surface area (Å²) in [5.41, 5.74) is 0. The van der Waals surface area contributed by atoms with Gasteiger partial charge in [-0.15, -0.1) is 0 Å². The number of ether oxygens (including phenoxy) is 3. The van der Waals surface area contributed by atoms with Gasteiger partial charge < -0.3 is 24.2 Å². The van der Waals surface area contributed by atoms with Crippen molar-refractivity contribution in [1.29, 1.82) is 0 Å². The van der Waals surface area contributed by atoms with Gasteiger partial charge >= 0.3 is 6.80 Å². The standard InChI is InChI=1S/C11H23B2O7PS/c1-17-4-8-7(3-11(13)18-8)20-21(15,16)22-5-9-6(14)2-10(12)19-9/h6-11,14H,2-5,12-13H2,1H3,(H,15,16)/t6?,7?,8-,9-,10-,11-/m1/s1. The van der Waals surface area contributed by atoms with Crippen LogP contribution in [0.5, 0.6) is 0 Å². The summed E-state index contributed by atoms with van der Waals surface area (Å²) in [7, 11) is 5.32. The van der Waals surface area contributed by atoms with Crippen LogP contribution in [-0.2, 0) is 23.3 Å². The molecule has 2 saturated heterocycles. The van der Waals surface area contributed by atoms with E-state index >= 15 is 0 Å². The maximum Gasteiger partial charge on any atom is 0.387 e. The highest BCUT2D eigenvalue weighted by atomic mass is 32.7. The fourth-order valence-corrected chi connectivity index (χ4v) is 5.58. The van der Waals surface area contributed by atoms with Gasteiger partial charge in [-0.2, -0.15) is 0 Å². The van der Waals surface area contributed by atoms with E-state index in [1.54, 1.807) is 7.11 Å². The molecule has 11 heteroatoms. The minimum absolute atomic E-state index is 0.0315. The second-order valence-corrected chi connectivity index (χ2v) is 9.77. The molecule has 0 radical (unpaired) electrons. The molecule has 0 aliphatic carbocycles. The van der Waals surface area contributed by atoms with Crippen molar-refractivity contribution in [2.24, 2.45) is 0 Å². The molecule has 2 heterocycles. The van der Waals surface area contributed by atoms with Gasteiger partial charge in [0, 0.05) is 24.9 Å². The van der Waals surface area contributed by atoms with E-state index in [9.17, 15) is 14.6 Å². The van der Waals surface area contributed by atoms with E-state index in [2.05, 4.69) is 0 Å². The smallest absolute Gasteiger partial charge is 0.387 e. The molecule has 3 unspecified atom stereocenters. The highest BCUT2D eigenvalue weighted by molar-refractivity contribution is 8.54. The largest absolute Gasteiger partial charge is 0.390 e. The highest BCUT2D eigenvalue weighted by Gasteiger charge is 2.40. The van der Waals surface area contributed by atoms with Crippen LogP contribution < -0.4 is 0 Å². The molecule has 0 saturated carbocycles. The van der Waals surface area contributed by atoms with E-state index in [1.165, 1.54) is 0 Å². The normalized spacial score (nSPS) is 41.6. The van der Waals surface area contributed by atoms with E-state index in [0.717, 1.165) is 11.4 Å². The lowest BCUT2D eigenvalue weighted by atomic mass is 9.96. The van der Waals surface area contributed by atoms with Crippen LogP contribution in [0.15, 0.2) is 0 Å². The summed E-state index contributed by atoms with van der Waals surface area (Å²) in [5, 5.41) is 9.80. The Morgan fingerprint density at radius 1 is 1.27 bits per heavy atom. The third-order valence-corrected chi connectivity index (χ3v) is 6.82. The lowest BCUT2D eigenvalue weighted by Gasteiger charge is -2.22. The summed E-state index contributed by atoms with van der Waals surface area (Å²) in [4.78, 5) is 10.0. The lowest BCUT2D eigenvalue weighted by molar-refractivity contribution is -0.0115. The summed E-state index contributed by atoms with van der Waals surface area (Å²) in [6, 6.07) is -0.0641. The van der Waals surface area contributed by atoms with Crippen molar-refractivity contribution in [2.45, 2.75) is 49.3 Å². The quantitative estimate of drug-likeness (QED) is 0.432. The van der Waals surface area contributed by atoms with Crippen LogP contribution in [0, 0.1) is 0 Å². The molecule has 2 fully saturated rings. The third kappa shape index (κ3) is 5.24. The highest BCUT2D eigenvalue weighted by Crippen LogP contribution is 2.58. The second kappa shape index (κ2) is 8.03. The average Bonchev–Trinajstić information content (AvgIpc) is 2.90. The Hall–Kier alpha value is 0.470. The zero-order chi connectivity index (χ0) is 16.3. The molecule has 0 aromatic heterocycles. The van der Waals surface area contributed by atoms with Crippen LogP contribution in [0.2, 0.25) is 0 Å². The molecule has 2 rings (SSSR count). The lowest BCUT2D eigenvalue weighted by Crippen LogP contribution is -2.28. The van der Waals surface area contributed by atoms with Gasteiger partial charge in [0.25, 0.3) is 0 Å². The van der Waals surface area contributed by atoms with E-state index < -0.39 is 25.1 Å². The van der Waals surface area contributed by atoms with Gasteiger partial charge in [0.2, 0.25) is 0 Å². The Labute approximate surface area is 136 Å². The first kappa shape index (κ1) is 18.8. The molecule has 0 amide bonds. The Balaban J connectivity index is 1.83. The third-order valence-electron chi connectivity index (χ3n) is 3.80. The van der Waals surface area contributed by atoms with Gasteiger partial charge in [-0.1, -0.05) is 0 Å². The molecular weight excluding hydrogens is 329 g/mol. The fourth-order valence-electron chi connectivity index (χ4n) is 2.80. The molecule has 2 aliphatic heterocycles. The molecule has 2 aliphatic rings. The van der Waals surface area contributed by atoms with Gasteiger partial charge in [0.1, 0.15) is 21.8 Å². The van der Waals surface area contributed by atoms with Crippen LogP contribution in [0.1, 0.15) is 12.8 Å². The summed E-state index contributed by atoms with van der Waals surface area (Å²) in [5.74, 6) is 0.220. The second-order valence-electron chi connectivity index (χ2n) is 5.87. The number of aliphatic hydroxyl groups excluding tert-OH is 1. The first-order chi connectivity index (χ1) is 10.3. The van der Waals surface area contributed by atoms with Gasteiger partial charge in [-0.3, -0.25) is 4.52 Å². The van der Waals surface area contributed by atoms with Crippen molar-refractivity contribution in [1.82, 2.24) is 0 Å². The summed E-state index contributed by atoms with van der Waals surface area (Å²) in [6.07, 6.45) is -0.734. The molecular formula is C11H23B2O7PS. The molecule has 7 atom stereocenters. The fraction of sp³-hybridized carbons (Fsp3) is 1.00. The van der Waals surface area contributed by atoms with Crippen molar-refractivity contribution in [3.8, 4) is 0 Å². The van der Waals surface area contributed by atoms with Gasteiger partial charge in [0.15, 0.2) is 0 Å². The number of hydrogen-bond acceptors (Lipinski definition) is 7. The molecule has 0 spiro atoms. The molecule has 7 nitrogen and oxygen atoms in total. The number of methoxy groups -OCH3 is 1. The van der Waals surface area contributed by atoms with Gasteiger partial charge in [-0.05, 0) is 24.2 Å². The minimum atomic E-state index is -3.84. The van der Waals surface area contributed by atoms with E-state index in [4.69, 9.17) is 18.7 Å². The monoisotopic (exact) mass is 352 g/mol. The Kier molecular flexibility index (Phi) is 6.86. The zero-order valence-electron chi connectivity index (χ0n) is 13.1. The van der Waals surface area contributed by atoms with Crippen molar-refractivity contribution >= 4 is 33.9 Å². The Morgan fingerprint density at radius 2 is 1.91 bits per heavy atom. The first-order valence-corrected chi connectivity index (χ1v) is 10.6. The zero-order valence-corrected chi connectivity index (χ0v) is 14.8. The van der Waals surface area contributed by atoms with E-state index in [0.29, 0.717) is 19.4 Å². The van der Waals surface area contributed by atoms with E-state index in [-0.39, 0.29) is 23.9 Å². The van der Waals surface area contributed by atoms with Crippen LogP contribution in [0.4, 0.5) is 0 Å². The molecule has 0 aromatic rings. The molecule has 2 N–H and O–H groups in total. The maximum atomic E-state index is 12.2. The predicted octanol–water partition coefficient (Wildman–Crippen LogP) is -1.29. The maximum absolute atomic E-state index is 12.2. The van der Waals surface area contributed by atoms with Crippen molar-refractivity contribution in [3.05, 3.63) is 0 Å². The number of rotatable bonds is 7. The first-order valence-electron chi connectivity index (χ1n) is 7.44. The van der Waals surface area contributed by atoms with Crippen molar-refractivity contribution in [3.63, 3.8) is 0 Å². The average molecular weight is 352 g/mol. The van der Waals surface area contributed by atoms with Crippen LogP contribution >= 0.6 is 18.2 Å². The predicted molar refractivity (Wildman–Crippen MR) is 88.7 cm³/mol. The van der Waals surface area contributed by atoms with Crippen LogP contribution in [0.3, 0.4) is 0 Å². The van der Waals surface area contributed by atoms with Crippen molar-refractivity contribution in [2.75, 3.05) is 19.5 Å². The molecule has 0 bridgehead atoms. The SMILES string of the molecule is B[C@H]1CC(O)[C@@H](CSP(=O)(O)OC2C[C@H](B)O[C@@H]2COC)O1. The number of aliphatic hydroxyl groups is 1. The van der Waals surface area contributed by atoms with Gasteiger partial charge in [-0.25, -0.2) is 4.57 Å². The van der Waals surface area contributed by atoms with Crippen molar-refractivity contribution < 1.29 is 33.3 Å². The summed E-state index contributed by atoms with van der Waals surface area (Å²) >= 11 is 0.797. The molecule has 126 valence electrons.